The number of para-hydroxylation sites is 1. The van der Waals surface area contributed by atoms with Gasteiger partial charge in [-0.1, -0.05) is 48.5 Å². The molecular weight excluding hydrogens is 274 g/mol. The molecule has 1 aromatic heterocycles. The molecule has 0 aliphatic heterocycles. The Bertz CT molecular complexity index is 921. The number of carbonyl (C=O) groups excluding carboxylic acids is 1. The first-order valence-corrected chi connectivity index (χ1v) is 7.05. The Morgan fingerprint density at radius 2 is 1.82 bits per heavy atom. The molecule has 0 atom stereocenters. The third kappa shape index (κ3) is 2.74. The van der Waals surface area contributed by atoms with E-state index in [0.29, 0.717) is 11.1 Å². The highest BCUT2D eigenvalue weighted by molar-refractivity contribution is 6.06. The molecule has 0 unspecified atom stereocenters. The van der Waals surface area contributed by atoms with Crippen LogP contribution in [0.5, 0.6) is 0 Å². The quantitative estimate of drug-likeness (QED) is 0.590. The van der Waals surface area contributed by atoms with E-state index < -0.39 is 0 Å². The molecule has 0 spiro atoms. The van der Waals surface area contributed by atoms with E-state index in [2.05, 4.69) is 4.98 Å². The summed E-state index contributed by atoms with van der Waals surface area (Å²) in [5.41, 5.74) is 2.73. The number of pyridine rings is 1. The van der Waals surface area contributed by atoms with Crippen molar-refractivity contribution in [3.05, 3.63) is 87.7 Å². The van der Waals surface area contributed by atoms with Crippen molar-refractivity contribution in [2.75, 3.05) is 0 Å². The van der Waals surface area contributed by atoms with E-state index in [1.165, 1.54) is 6.08 Å². The van der Waals surface area contributed by atoms with Crippen LogP contribution in [-0.2, 0) is 0 Å². The topological polar surface area (TPSA) is 49.9 Å². The molecule has 22 heavy (non-hydrogen) atoms. The van der Waals surface area contributed by atoms with Gasteiger partial charge in [0.15, 0.2) is 5.78 Å². The SMILES string of the molecule is Cc1cccc2cc(/C=C/C(=O)c3ccccc3)c(=O)[nH]c12. The van der Waals surface area contributed by atoms with Gasteiger partial charge in [0, 0.05) is 11.1 Å². The van der Waals surface area contributed by atoms with Crippen LogP contribution >= 0.6 is 0 Å². The second-order valence-corrected chi connectivity index (χ2v) is 5.16. The smallest absolute Gasteiger partial charge is 0.255 e. The van der Waals surface area contributed by atoms with Crippen molar-refractivity contribution in [1.82, 2.24) is 4.98 Å². The summed E-state index contributed by atoms with van der Waals surface area (Å²) in [5, 5.41) is 0.950. The maximum Gasteiger partial charge on any atom is 0.255 e. The first-order valence-electron chi connectivity index (χ1n) is 7.05. The summed E-state index contributed by atoms with van der Waals surface area (Å²) in [6.45, 7) is 1.95. The van der Waals surface area contributed by atoms with Gasteiger partial charge < -0.3 is 4.98 Å². The molecular formula is C19H15NO2. The van der Waals surface area contributed by atoms with Gasteiger partial charge in [-0.15, -0.1) is 0 Å². The number of aromatic nitrogens is 1. The fourth-order valence-corrected chi connectivity index (χ4v) is 2.39. The molecule has 1 N–H and O–H groups in total. The maximum atomic E-state index is 12.1. The third-order valence-electron chi connectivity index (χ3n) is 3.59. The summed E-state index contributed by atoms with van der Waals surface area (Å²) in [7, 11) is 0. The monoisotopic (exact) mass is 289 g/mol. The number of aryl methyl sites for hydroxylation is 1. The molecule has 0 saturated carbocycles. The van der Waals surface area contributed by atoms with Crippen molar-refractivity contribution < 1.29 is 4.79 Å². The van der Waals surface area contributed by atoms with E-state index in [0.717, 1.165) is 16.5 Å². The summed E-state index contributed by atoms with van der Waals surface area (Å²) < 4.78 is 0. The Kier molecular flexibility index (Phi) is 3.71. The lowest BCUT2D eigenvalue weighted by molar-refractivity contribution is 0.104. The predicted octanol–water partition coefficient (Wildman–Crippen LogP) is 3.73. The first-order chi connectivity index (χ1) is 10.6. The molecule has 0 aliphatic carbocycles. The van der Waals surface area contributed by atoms with Gasteiger partial charge in [-0.2, -0.15) is 0 Å². The number of rotatable bonds is 3. The third-order valence-corrected chi connectivity index (χ3v) is 3.59. The van der Waals surface area contributed by atoms with E-state index >= 15 is 0 Å². The van der Waals surface area contributed by atoms with Gasteiger partial charge >= 0.3 is 0 Å². The lowest BCUT2D eigenvalue weighted by Crippen LogP contribution is -2.09. The number of allylic oxidation sites excluding steroid dienone is 1. The predicted molar refractivity (Wildman–Crippen MR) is 89.1 cm³/mol. The molecule has 3 heteroatoms. The summed E-state index contributed by atoms with van der Waals surface area (Å²) >= 11 is 0. The Morgan fingerprint density at radius 3 is 2.59 bits per heavy atom. The van der Waals surface area contributed by atoms with Crippen molar-refractivity contribution in [1.29, 1.82) is 0 Å². The van der Waals surface area contributed by atoms with Crippen molar-refractivity contribution in [3.8, 4) is 0 Å². The first kappa shape index (κ1) is 14.0. The molecule has 0 radical (unpaired) electrons. The van der Waals surface area contributed by atoms with Crippen LogP contribution in [0.1, 0.15) is 21.5 Å². The maximum absolute atomic E-state index is 12.1. The number of aromatic amines is 1. The van der Waals surface area contributed by atoms with Crippen LogP contribution in [0.4, 0.5) is 0 Å². The zero-order valence-electron chi connectivity index (χ0n) is 12.2. The Balaban J connectivity index is 1.97. The number of fused-ring (bicyclic) bond motifs is 1. The van der Waals surface area contributed by atoms with E-state index in [1.54, 1.807) is 24.3 Å². The van der Waals surface area contributed by atoms with Gasteiger partial charge in [-0.3, -0.25) is 9.59 Å². The Morgan fingerprint density at radius 1 is 1.05 bits per heavy atom. The summed E-state index contributed by atoms with van der Waals surface area (Å²) in [6, 6.07) is 16.6. The number of H-pyrrole nitrogens is 1. The van der Waals surface area contributed by atoms with Gasteiger partial charge in [0.05, 0.1) is 5.52 Å². The number of nitrogens with one attached hydrogen (secondary N) is 1. The molecule has 108 valence electrons. The van der Waals surface area contributed by atoms with E-state index in [1.807, 2.05) is 43.3 Å². The summed E-state index contributed by atoms with van der Waals surface area (Å²) in [6.07, 6.45) is 3.00. The van der Waals surface area contributed by atoms with E-state index in [9.17, 15) is 9.59 Å². The minimum absolute atomic E-state index is 0.121. The summed E-state index contributed by atoms with van der Waals surface area (Å²) in [5.74, 6) is -0.121. The average Bonchev–Trinajstić information content (AvgIpc) is 2.54. The molecule has 3 nitrogen and oxygen atoms in total. The molecule has 0 fully saturated rings. The highest BCUT2D eigenvalue weighted by Crippen LogP contribution is 2.15. The normalized spacial score (nSPS) is 11.1. The minimum atomic E-state index is -0.195. The molecule has 3 aromatic rings. The number of hydrogen-bond acceptors (Lipinski definition) is 2. The van der Waals surface area contributed by atoms with Crippen molar-refractivity contribution >= 4 is 22.8 Å². The van der Waals surface area contributed by atoms with Crippen molar-refractivity contribution in [2.45, 2.75) is 6.92 Å². The second kappa shape index (κ2) is 5.82. The van der Waals surface area contributed by atoms with Gasteiger partial charge in [0.25, 0.3) is 5.56 Å². The van der Waals surface area contributed by atoms with Crippen LogP contribution in [0.2, 0.25) is 0 Å². The van der Waals surface area contributed by atoms with Crippen LogP contribution in [0, 0.1) is 6.92 Å². The van der Waals surface area contributed by atoms with Gasteiger partial charge in [0.1, 0.15) is 0 Å². The lowest BCUT2D eigenvalue weighted by atomic mass is 10.1. The molecule has 0 aliphatic rings. The largest absolute Gasteiger partial charge is 0.321 e. The minimum Gasteiger partial charge on any atom is -0.321 e. The summed E-state index contributed by atoms with van der Waals surface area (Å²) in [4.78, 5) is 27.0. The van der Waals surface area contributed by atoms with Crippen molar-refractivity contribution in [2.24, 2.45) is 0 Å². The molecule has 0 amide bonds. The fourth-order valence-electron chi connectivity index (χ4n) is 2.39. The molecule has 0 bridgehead atoms. The van der Waals surface area contributed by atoms with Crippen molar-refractivity contribution in [3.63, 3.8) is 0 Å². The van der Waals surface area contributed by atoms with Crippen LogP contribution in [0.15, 0.2) is 65.5 Å². The average molecular weight is 289 g/mol. The lowest BCUT2D eigenvalue weighted by Gasteiger charge is -2.02. The highest BCUT2D eigenvalue weighted by Gasteiger charge is 2.04. The molecule has 1 heterocycles. The van der Waals surface area contributed by atoms with E-state index in [4.69, 9.17) is 0 Å². The van der Waals surface area contributed by atoms with Gasteiger partial charge in [-0.25, -0.2) is 0 Å². The molecule has 3 rings (SSSR count). The zero-order valence-corrected chi connectivity index (χ0v) is 12.2. The number of ketones is 1. The van der Waals surface area contributed by atoms with Crippen LogP contribution in [-0.4, -0.2) is 10.8 Å². The fraction of sp³-hybridized carbons (Fsp3) is 0.0526. The van der Waals surface area contributed by atoms with E-state index in [-0.39, 0.29) is 11.3 Å². The Hall–Kier alpha value is -2.94. The van der Waals surface area contributed by atoms with Gasteiger partial charge in [0.2, 0.25) is 0 Å². The highest BCUT2D eigenvalue weighted by atomic mass is 16.1. The van der Waals surface area contributed by atoms with Crippen LogP contribution in [0.25, 0.3) is 17.0 Å². The number of benzene rings is 2. The number of hydrogen-bond donors (Lipinski definition) is 1. The zero-order chi connectivity index (χ0) is 15.5. The molecule has 2 aromatic carbocycles. The number of carbonyl (C=O) groups is 1. The Labute approximate surface area is 127 Å². The van der Waals surface area contributed by atoms with Gasteiger partial charge in [-0.05, 0) is 36.1 Å². The van der Waals surface area contributed by atoms with Crippen LogP contribution < -0.4 is 5.56 Å². The standard InChI is InChI=1S/C19H15NO2/c1-13-6-5-9-15-12-16(19(22)20-18(13)15)10-11-17(21)14-7-3-2-4-8-14/h2-12H,1H3,(H,20,22)/b11-10+. The van der Waals surface area contributed by atoms with Crippen LogP contribution in [0.3, 0.4) is 0 Å². The second-order valence-electron chi connectivity index (χ2n) is 5.16. The molecule has 0 saturated heterocycles.